The van der Waals surface area contributed by atoms with Gasteiger partial charge in [-0.1, -0.05) is 147 Å². The lowest BCUT2D eigenvalue weighted by atomic mass is 10.0. The van der Waals surface area contributed by atoms with Crippen molar-refractivity contribution >= 4 is 0 Å². The van der Waals surface area contributed by atoms with Crippen LogP contribution >= 0.6 is 0 Å². The van der Waals surface area contributed by atoms with Gasteiger partial charge in [0, 0.05) is 22.9 Å². The van der Waals surface area contributed by atoms with Gasteiger partial charge in [-0.05, 0) is 64.3 Å². The standard InChI is InChI=1S/C43H38N4/c1-4-30-7-11-32(12-8-30)34-15-21-37(22-16-34)41-45-42(38-23-17-35(18-24-38)33-13-9-31(5-2)10-14-33)47-43(46-41)39-25-19-36(20-26-39)40-27-6-29(3)28-44-40/h6-28,40,44H,4-5H2,1-3H3. The number of rotatable bonds is 8. The van der Waals surface area contributed by atoms with Gasteiger partial charge in [0.05, 0.1) is 6.04 Å². The zero-order valence-electron chi connectivity index (χ0n) is 27.1. The second-order valence-corrected chi connectivity index (χ2v) is 12.1. The highest BCUT2D eigenvalue weighted by molar-refractivity contribution is 5.72. The molecule has 0 spiro atoms. The van der Waals surface area contributed by atoms with Gasteiger partial charge in [-0.25, -0.2) is 15.0 Å². The highest BCUT2D eigenvalue weighted by Crippen LogP contribution is 2.30. The van der Waals surface area contributed by atoms with E-state index in [1.807, 2.05) is 0 Å². The van der Waals surface area contributed by atoms with Crippen molar-refractivity contribution in [2.75, 3.05) is 0 Å². The fourth-order valence-corrected chi connectivity index (χ4v) is 5.87. The number of aromatic nitrogens is 3. The van der Waals surface area contributed by atoms with Crippen LogP contribution in [0.3, 0.4) is 0 Å². The Morgan fingerprint density at radius 1 is 0.468 bits per heavy atom. The van der Waals surface area contributed by atoms with E-state index in [-0.39, 0.29) is 6.04 Å². The van der Waals surface area contributed by atoms with Crippen molar-refractivity contribution < 1.29 is 0 Å². The fraction of sp³-hybridized carbons (Fsp3) is 0.140. The summed E-state index contributed by atoms with van der Waals surface area (Å²) in [7, 11) is 0. The maximum atomic E-state index is 5.00. The Labute approximate surface area is 277 Å². The Morgan fingerprint density at radius 2 is 0.809 bits per heavy atom. The monoisotopic (exact) mass is 610 g/mol. The Hall–Kier alpha value is -5.61. The summed E-state index contributed by atoms with van der Waals surface area (Å²) in [5, 5.41) is 3.46. The zero-order chi connectivity index (χ0) is 32.2. The van der Waals surface area contributed by atoms with E-state index >= 15 is 0 Å². The number of benzene rings is 5. The van der Waals surface area contributed by atoms with Crippen LogP contribution in [0.15, 0.2) is 145 Å². The first kappa shape index (κ1) is 30.1. The molecule has 1 aliphatic rings. The van der Waals surface area contributed by atoms with Crippen LogP contribution in [0.2, 0.25) is 0 Å². The van der Waals surface area contributed by atoms with Crippen molar-refractivity contribution in [2.24, 2.45) is 0 Å². The van der Waals surface area contributed by atoms with Crippen LogP contribution in [-0.4, -0.2) is 15.0 Å². The molecule has 0 fully saturated rings. The molecular weight excluding hydrogens is 573 g/mol. The number of nitrogens with one attached hydrogen (secondary N) is 1. The summed E-state index contributed by atoms with van der Waals surface area (Å²) in [6, 6.07) is 43.2. The van der Waals surface area contributed by atoms with E-state index in [0.29, 0.717) is 17.5 Å². The number of hydrogen-bond acceptors (Lipinski definition) is 4. The number of aryl methyl sites for hydroxylation is 2. The number of hydrogen-bond donors (Lipinski definition) is 1. The first-order valence-electron chi connectivity index (χ1n) is 16.4. The normalized spacial score (nSPS) is 14.0. The molecule has 6 aromatic rings. The fourth-order valence-electron chi connectivity index (χ4n) is 5.87. The maximum Gasteiger partial charge on any atom is 0.164 e. The van der Waals surface area contributed by atoms with Crippen molar-refractivity contribution in [2.45, 2.75) is 39.7 Å². The summed E-state index contributed by atoms with van der Waals surface area (Å²) in [6.07, 6.45) is 8.46. The Balaban J connectivity index is 1.24. The van der Waals surface area contributed by atoms with Crippen molar-refractivity contribution in [3.63, 3.8) is 0 Å². The molecule has 1 aromatic heterocycles. The SMILES string of the molecule is CCc1ccc(-c2ccc(-c3nc(-c4ccc(-c5ccc(CC)cc5)cc4)nc(-c4ccc(C5C=CC(C)=CN5)cc4)n3)cc2)cc1. The molecule has 230 valence electrons. The Kier molecular flexibility index (Phi) is 8.57. The number of dihydropyridines is 1. The lowest BCUT2D eigenvalue weighted by molar-refractivity contribution is 0.739. The third kappa shape index (κ3) is 6.68. The quantitative estimate of drug-likeness (QED) is 0.186. The van der Waals surface area contributed by atoms with E-state index in [1.54, 1.807) is 0 Å². The van der Waals surface area contributed by atoms with Gasteiger partial charge in [-0.2, -0.15) is 0 Å². The number of nitrogens with zero attached hydrogens (tertiary/aromatic N) is 3. The zero-order valence-corrected chi connectivity index (χ0v) is 27.1. The Bertz CT molecular complexity index is 1930. The minimum absolute atomic E-state index is 0.144. The van der Waals surface area contributed by atoms with Crippen LogP contribution in [0.1, 0.15) is 43.5 Å². The molecule has 1 unspecified atom stereocenters. The van der Waals surface area contributed by atoms with Gasteiger partial charge in [0.2, 0.25) is 0 Å². The minimum atomic E-state index is 0.144. The molecule has 0 saturated heterocycles. The smallest absolute Gasteiger partial charge is 0.164 e. The highest BCUT2D eigenvalue weighted by Gasteiger charge is 2.15. The second kappa shape index (κ2) is 13.4. The molecule has 4 nitrogen and oxygen atoms in total. The van der Waals surface area contributed by atoms with E-state index in [1.165, 1.54) is 44.5 Å². The van der Waals surface area contributed by atoms with Crippen molar-refractivity contribution in [1.29, 1.82) is 0 Å². The molecule has 0 bridgehead atoms. The van der Waals surface area contributed by atoms with Crippen LogP contribution in [0.5, 0.6) is 0 Å². The van der Waals surface area contributed by atoms with Gasteiger partial charge in [0.25, 0.3) is 0 Å². The number of allylic oxidation sites excluding steroid dienone is 2. The van der Waals surface area contributed by atoms with Gasteiger partial charge in [0.1, 0.15) is 0 Å². The predicted octanol–water partition coefficient (Wildman–Crippen LogP) is 10.4. The van der Waals surface area contributed by atoms with E-state index in [4.69, 9.17) is 15.0 Å². The molecule has 0 amide bonds. The first-order valence-corrected chi connectivity index (χ1v) is 16.4. The summed E-state index contributed by atoms with van der Waals surface area (Å²) in [5.74, 6) is 1.95. The molecule has 2 heterocycles. The van der Waals surface area contributed by atoms with Crippen LogP contribution in [0, 0.1) is 0 Å². The summed E-state index contributed by atoms with van der Waals surface area (Å²) < 4.78 is 0. The molecular formula is C43H38N4. The van der Waals surface area contributed by atoms with Gasteiger partial charge in [-0.15, -0.1) is 0 Å². The van der Waals surface area contributed by atoms with Crippen LogP contribution < -0.4 is 5.32 Å². The maximum absolute atomic E-state index is 5.00. The van der Waals surface area contributed by atoms with Crippen LogP contribution in [0.4, 0.5) is 0 Å². The average molecular weight is 611 g/mol. The van der Waals surface area contributed by atoms with Crippen molar-refractivity contribution in [3.05, 3.63) is 162 Å². The van der Waals surface area contributed by atoms with E-state index in [0.717, 1.165) is 29.5 Å². The minimum Gasteiger partial charge on any atom is -0.380 e. The molecule has 0 aliphatic carbocycles. The lowest BCUT2D eigenvalue weighted by Crippen LogP contribution is -2.16. The van der Waals surface area contributed by atoms with Gasteiger partial charge < -0.3 is 5.32 Å². The summed E-state index contributed by atoms with van der Waals surface area (Å²) >= 11 is 0. The molecule has 1 aliphatic heterocycles. The second-order valence-electron chi connectivity index (χ2n) is 12.1. The first-order chi connectivity index (χ1) is 23.1. The van der Waals surface area contributed by atoms with E-state index in [2.05, 4.69) is 166 Å². The van der Waals surface area contributed by atoms with Crippen molar-refractivity contribution in [1.82, 2.24) is 20.3 Å². The largest absolute Gasteiger partial charge is 0.380 e. The lowest BCUT2D eigenvalue weighted by Gasteiger charge is -2.18. The molecule has 1 N–H and O–H groups in total. The Morgan fingerprint density at radius 3 is 1.15 bits per heavy atom. The third-order valence-corrected chi connectivity index (χ3v) is 8.88. The van der Waals surface area contributed by atoms with Crippen molar-refractivity contribution in [3.8, 4) is 56.4 Å². The molecule has 47 heavy (non-hydrogen) atoms. The van der Waals surface area contributed by atoms with E-state index in [9.17, 15) is 0 Å². The molecule has 0 saturated carbocycles. The predicted molar refractivity (Wildman–Crippen MR) is 195 cm³/mol. The summed E-state index contributed by atoms with van der Waals surface area (Å²) in [4.78, 5) is 15.0. The molecule has 1 atom stereocenters. The van der Waals surface area contributed by atoms with Gasteiger partial charge in [-0.3, -0.25) is 0 Å². The topological polar surface area (TPSA) is 50.7 Å². The van der Waals surface area contributed by atoms with E-state index < -0.39 is 0 Å². The molecule has 0 radical (unpaired) electrons. The average Bonchev–Trinajstić information content (AvgIpc) is 3.15. The molecule has 4 heteroatoms. The summed E-state index contributed by atoms with van der Waals surface area (Å²) in [6.45, 7) is 6.45. The van der Waals surface area contributed by atoms with Gasteiger partial charge >= 0.3 is 0 Å². The van der Waals surface area contributed by atoms with Crippen LogP contribution in [0.25, 0.3) is 56.4 Å². The summed E-state index contributed by atoms with van der Waals surface area (Å²) in [5.41, 5.74) is 12.7. The third-order valence-electron chi connectivity index (χ3n) is 8.88. The highest BCUT2D eigenvalue weighted by atomic mass is 15.0. The van der Waals surface area contributed by atoms with Crippen LogP contribution in [-0.2, 0) is 12.8 Å². The molecule has 7 rings (SSSR count). The molecule has 5 aromatic carbocycles. The van der Waals surface area contributed by atoms with Gasteiger partial charge in [0.15, 0.2) is 17.5 Å².